The Balaban J connectivity index is 2.38. The smallest absolute Gasteiger partial charge is 0.299 e. The molecule has 4 N–H and O–H groups in total. The third-order valence-corrected chi connectivity index (χ3v) is 4.71. The predicted octanol–water partition coefficient (Wildman–Crippen LogP) is 3.25. The maximum atomic E-state index is 12.9. The molecule has 0 fully saturated rings. The van der Waals surface area contributed by atoms with Crippen LogP contribution in [0.1, 0.15) is 16.1 Å². The van der Waals surface area contributed by atoms with Crippen LogP contribution >= 0.6 is 27.5 Å². The lowest BCUT2D eigenvalue weighted by molar-refractivity contribution is -0.137. The van der Waals surface area contributed by atoms with Crippen LogP contribution in [0.25, 0.3) is 0 Å². The van der Waals surface area contributed by atoms with E-state index in [0.29, 0.717) is 10.5 Å². The van der Waals surface area contributed by atoms with Crippen LogP contribution in [0.4, 0.5) is 18.9 Å². The van der Waals surface area contributed by atoms with Crippen molar-refractivity contribution in [3.63, 3.8) is 0 Å². The number of anilines is 1. The quantitative estimate of drug-likeness (QED) is 0.373. The molecule has 1 unspecified atom stereocenters. The Kier molecular flexibility index (Phi) is 6.03. The molecule has 0 bridgehead atoms. The molecule has 25 heavy (non-hydrogen) atoms. The first-order valence-corrected chi connectivity index (χ1v) is 8.67. The minimum Gasteiger partial charge on any atom is -0.299 e. The Hall–Kier alpha value is -1.69. The number of alkyl halides is 3. The lowest BCUT2D eigenvalue weighted by Gasteiger charge is -2.13. The number of carbonyl (C=O) groups is 1. The number of nitrogens with zero attached hydrogens (tertiary/aromatic N) is 1. The van der Waals surface area contributed by atoms with E-state index in [2.05, 4.69) is 25.6 Å². The molecular weight excluding hydrogens is 449 g/mol. The van der Waals surface area contributed by atoms with Gasteiger partial charge in [-0.2, -0.15) is 13.2 Å². The predicted molar refractivity (Wildman–Crippen MR) is 90.1 cm³/mol. The average Bonchev–Trinajstić information content (AvgIpc) is 2.53. The first-order chi connectivity index (χ1) is 11.6. The van der Waals surface area contributed by atoms with Crippen molar-refractivity contribution in [1.82, 2.24) is 10.4 Å². The zero-order chi connectivity index (χ0) is 18.8. The average molecular weight is 458 g/mol. The van der Waals surface area contributed by atoms with Crippen molar-refractivity contribution in [2.45, 2.75) is 11.1 Å². The molecule has 0 aliphatic heterocycles. The van der Waals surface area contributed by atoms with E-state index in [1.807, 2.05) is 5.43 Å². The third-order valence-electron chi connectivity index (χ3n) is 2.86. The number of nitrogen functional groups attached to an aromatic ring is 1. The highest BCUT2D eigenvalue weighted by Gasteiger charge is 2.33. The van der Waals surface area contributed by atoms with Crippen molar-refractivity contribution in [2.75, 3.05) is 4.72 Å². The molecule has 0 saturated carbocycles. The second kappa shape index (κ2) is 7.68. The van der Waals surface area contributed by atoms with Gasteiger partial charge >= 0.3 is 6.18 Å². The standard InChI is InChI=1S/C13H9BrClF3N4O2S/c14-6-3-10(11(20-5-6)12(23)21-19)22-25(24)7-1-2-9(15)8(4-7)13(16,17)18/h1-5,22H,19H2,(H,21,23). The third kappa shape index (κ3) is 4.69. The molecule has 0 saturated heterocycles. The summed E-state index contributed by atoms with van der Waals surface area (Å²) in [5.41, 5.74) is 0.588. The fourth-order valence-corrected chi connectivity index (χ4v) is 3.21. The number of halogens is 5. The number of aromatic nitrogens is 1. The first kappa shape index (κ1) is 19.6. The van der Waals surface area contributed by atoms with E-state index in [1.54, 1.807) is 0 Å². The van der Waals surface area contributed by atoms with Crippen molar-refractivity contribution in [2.24, 2.45) is 5.84 Å². The highest BCUT2D eigenvalue weighted by Crippen LogP contribution is 2.35. The Morgan fingerprint density at radius 1 is 1.32 bits per heavy atom. The monoisotopic (exact) mass is 456 g/mol. The number of nitrogens with two attached hydrogens (primary N) is 1. The Labute approximate surface area is 155 Å². The van der Waals surface area contributed by atoms with Crippen molar-refractivity contribution >= 4 is 50.1 Å². The molecule has 1 aromatic heterocycles. The second-order valence-electron chi connectivity index (χ2n) is 4.53. The zero-order valence-electron chi connectivity index (χ0n) is 12.0. The van der Waals surface area contributed by atoms with E-state index in [-0.39, 0.29) is 16.3 Å². The molecule has 2 aromatic rings. The molecule has 1 amide bonds. The Bertz CT molecular complexity index is 851. The van der Waals surface area contributed by atoms with Gasteiger partial charge in [0.05, 0.1) is 21.2 Å². The van der Waals surface area contributed by atoms with Crippen molar-refractivity contribution in [1.29, 1.82) is 0 Å². The maximum absolute atomic E-state index is 12.9. The van der Waals surface area contributed by atoms with Crippen LogP contribution in [0.2, 0.25) is 5.02 Å². The van der Waals surface area contributed by atoms with Crippen LogP contribution in [0.5, 0.6) is 0 Å². The number of benzene rings is 1. The van der Waals surface area contributed by atoms with E-state index in [0.717, 1.165) is 6.07 Å². The lowest BCUT2D eigenvalue weighted by atomic mass is 10.2. The molecule has 0 aliphatic rings. The number of hydrazine groups is 1. The number of pyridine rings is 1. The fourth-order valence-electron chi connectivity index (χ4n) is 1.76. The van der Waals surface area contributed by atoms with E-state index >= 15 is 0 Å². The van der Waals surface area contributed by atoms with Crippen LogP contribution < -0.4 is 16.0 Å². The molecule has 134 valence electrons. The van der Waals surface area contributed by atoms with Gasteiger partial charge in [0.1, 0.15) is 11.0 Å². The Morgan fingerprint density at radius 3 is 2.60 bits per heavy atom. The van der Waals surface area contributed by atoms with Gasteiger partial charge in [0.15, 0.2) is 5.69 Å². The summed E-state index contributed by atoms with van der Waals surface area (Å²) < 4.78 is 54.0. The van der Waals surface area contributed by atoms with Crippen LogP contribution in [-0.2, 0) is 17.2 Å². The Morgan fingerprint density at radius 2 is 2.00 bits per heavy atom. The number of hydrogen-bond acceptors (Lipinski definition) is 4. The highest BCUT2D eigenvalue weighted by atomic mass is 79.9. The van der Waals surface area contributed by atoms with Gasteiger partial charge in [-0.05, 0) is 40.2 Å². The summed E-state index contributed by atoms with van der Waals surface area (Å²) in [7, 11) is -2.12. The van der Waals surface area contributed by atoms with Crippen LogP contribution in [-0.4, -0.2) is 15.1 Å². The molecular formula is C13H9BrClF3N4O2S. The normalized spacial score (nSPS) is 12.6. The molecule has 1 aromatic carbocycles. The molecule has 12 heteroatoms. The topological polar surface area (TPSA) is 97.1 Å². The van der Waals surface area contributed by atoms with Crippen molar-refractivity contribution < 1.29 is 22.2 Å². The van der Waals surface area contributed by atoms with Crippen LogP contribution in [0.3, 0.4) is 0 Å². The first-order valence-electron chi connectivity index (χ1n) is 6.35. The minimum absolute atomic E-state index is 0.0131. The van der Waals surface area contributed by atoms with Crippen LogP contribution in [0, 0.1) is 0 Å². The number of hydrogen-bond donors (Lipinski definition) is 3. The summed E-state index contributed by atoms with van der Waals surface area (Å²) in [4.78, 5) is 15.3. The van der Waals surface area contributed by atoms with Gasteiger partial charge in [0.25, 0.3) is 5.91 Å². The summed E-state index contributed by atoms with van der Waals surface area (Å²) in [5.74, 6) is 4.28. The number of carbonyl (C=O) groups excluding carboxylic acids is 1. The summed E-state index contributed by atoms with van der Waals surface area (Å²) in [5, 5.41) is -0.513. The highest BCUT2D eigenvalue weighted by molar-refractivity contribution is 9.10. The molecule has 1 atom stereocenters. The van der Waals surface area contributed by atoms with Gasteiger partial charge in [-0.25, -0.2) is 15.0 Å². The summed E-state index contributed by atoms with van der Waals surface area (Å²) in [6.07, 6.45) is -3.39. The van der Waals surface area contributed by atoms with Gasteiger partial charge in [-0.15, -0.1) is 0 Å². The molecule has 6 nitrogen and oxygen atoms in total. The summed E-state index contributed by atoms with van der Waals surface area (Å²) >= 11 is 8.66. The van der Waals surface area contributed by atoms with Gasteiger partial charge in [0, 0.05) is 10.7 Å². The number of nitrogens with one attached hydrogen (secondary N) is 2. The molecule has 2 rings (SSSR count). The van der Waals surface area contributed by atoms with Crippen LogP contribution in [0.15, 0.2) is 39.8 Å². The molecule has 1 heterocycles. The lowest BCUT2D eigenvalue weighted by Crippen LogP contribution is -2.31. The second-order valence-corrected chi connectivity index (χ2v) is 7.07. The van der Waals surface area contributed by atoms with E-state index in [4.69, 9.17) is 17.4 Å². The summed E-state index contributed by atoms with van der Waals surface area (Å²) in [6.45, 7) is 0. The molecule has 0 aliphatic carbocycles. The zero-order valence-corrected chi connectivity index (χ0v) is 15.2. The van der Waals surface area contributed by atoms with E-state index < -0.39 is 33.7 Å². The van der Waals surface area contributed by atoms with E-state index in [1.165, 1.54) is 18.3 Å². The molecule has 0 spiro atoms. The maximum Gasteiger partial charge on any atom is 0.417 e. The van der Waals surface area contributed by atoms with Crippen molar-refractivity contribution in [3.05, 3.63) is 51.2 Å². The van der Waals surface area contributed by atoms with Gasteiger partial charge in [-0.1, -0.05) is 11.6 Å². The van der Waals surface area contributed by atoms with Gasteiger partial charge in [0.2, 0.25) is 0 Å². The van der Waals surface area contributed by atoms with Gasteiger partial charge in [-0.3, -0.25) is 14.9 Å². The fraction of sp³-hybridized carbons (Fsp3) is 0.0769. The largest absolute Gasteiger partial charge is 0.417 e. The number of amides is 1. The summed E-state index contributed by atoms with van der Waals surface area (Å²) in [6, 6.07) is 4.22. The van der Waals surface area contributed by atoms with E-state index in [9.17, 15) is 22.2 Å². The SMILES string of the molecule is NNC(=O)c1ncc(Br)cc1NS(=O)c1ccc(Cl)c(C(F)(F)F)c1. The van der Waals surface area contributed by atoms with Gasteiger partial charge < -0.3 is 0 Å². The molecule has 0 radical (unpaired) electrons. The number of rotatable bonds is 4. The minimum atomic E-state index is -4.70. The van der Waals surface area contributed by atoms with Crippen molar-refractivity contribution in [3.8, 4) is 0 Å².